The number of rotatable bonds is 11. The summed E-state index contributed by atoms with van der Waals surface area (Å²) in [6.07, 6.45) is 0.145. The van der Waals surface area contributed by atoms with Gasteiger partial charge in [-0.3, -0.25) is 4.79 Å². The number of alkyl carbamates (subject to hydrolysis) is 1. The molecular formula is C23H30N2O7S. The van der Waals surface area contributed by atoms with Gasteiger partial charge in [-0.05, 0) is 37.1 Å². The summed E-state index contributed by atoms with van der Waals surface area (Å²) in [5.41, 5.74) is 1.45. The van der Waals surface area contributed by atoms with Crippen molar-refractivity contribution in [2.75, 3.05) is 26.2 Å². The lowest BCUT2D eigenvalue weighted by molar-refractivity contribution is -0.123. The van der Waals surface area contributed by atoms with Crippen molar-refractivity contribution in [1.29, 1.82) is 0 Å². The molecule has 2 N–H and O–H groups in total. The second kappa shape index (κ2) is 12.1. The number of hydrogen-bond donors (Lipinski definition) is 2. The Morgan fingerprint density at radius 3 is 2.30 bits per heavy atom. The summed E-state index contributed by atoms with van der Waals surface area (Å²) in [4.78, 5) is 25.3. The minimum atomic E-state index is -3.35. The molecule has 2 aromatic carbocycles. The van der Waals surface area contributed by atoms with E-state index in [1.54, 1.807) is 37.3 Å². The Bertz CT molecular complexity index is 1040. The molecule has 0 radical (unpaired) electrons. The van der Waals surface area contributed by atoms with Gasteiger partial charge in [0.15, 0.2) is 0 Å². The van der Waals surface area contributed by atoms with Crippen LogP contribution >= 0.6 is 0 Å². The van der Waals surface area contributed by atoms with Gasteiger partial charge in [-0.2, -0.15) is 0 Å². The quantitative estimate of drug-likeness (QED) is 0.509. The van der Waals surface area contributed by atoms with Crippen LogP contribution in [0.15, 0.2) is 48.5 Å². The molecule has 0 fully saturated rings. The summed E-state index contributed by atoms with van der Waals surface area (Å²) >= 11 is 0. The normalized spacial score (nSPS) is 12.8. The Hall–Kier alpha value is -3.27. The van der Waals surface area contributed by atoms with E-state index in [1.807, 2.05) is 18.2 Å². The standard InChI is InChI=1S/C23H30N2O7S/c1-16(19-14-18(30-2)10-11-21(19)31-3)24-22(26)20(12-13-33(4,28)29)25-23(27)32-15-17-8-6-5-7-9-17/h5-11,14,16,20H,12-13,15H2,1-4H3,(H,24,26)(H,25,27). The summed E-state index contributed by atoms with van der Waals surface area (Å²) < 4.78 is 39.1. The minimum Gasteiger partial charge on any atom is -0.497 e. The van der Waals surface area contributed by atoms with Crippen LogP contribution in [0.3, 0.4) is 0 Å². The van der Waals surface area contributed by atoms with Gasteiger partial charge < -0.3 is 24.8 Å². The first-order chi connectivity index (χ1) is 15.6. The first-order valence-electron chi connectivity index (χ1n) is 10.3. The van der Waals surface area contributed by atoms with Gasteiger partial charge in [0.25, 0.3) is 0 Å². The van der Waals surface area contributed by atoms with Gasteiger partial charge in [-0.1, -0.05) is 30.3 Å². The number of ether oxygens (including phenoxy) is 3. The van der Waals surface area contributed by atoms with Gasteiger partial charge in [0.05, 0.1) is 26.0 Å². The van der Waals surface area contributed by atoms with Crippen LogP contribution in [0.25, 0.3) is 0 Å². The first kappa shape index (κ1) is 26.0. The Morgan fingerprint density at radius 1 is 1.00 bits per heavy atom. The largest absolute Gasteiger partial charge is 0.497 e. The lowest BCUT2D eigenvalue weighted by atomic mass is 10.1. The molecule has 0 aromatic heterocycles. The van der Waals surface area contributed by atoms with Crippen LogP contribution in [0.2, 0.25) is 0 Å². The Kier molecular flexibility index (Phi) is 9.53. The van der Waals surface area contributed by atoms with Gasteiger partial charge in [0.2, 0.25) is 5.91 Å². The second-order valence-corrected chi connectivity index (χ2v) is 9.78. The highest BCUT2D eigenvalue weighted by Crippen LogP contribution is 2.29. The maximum Gasteiger partial charge on any atom is 0.408 e. The molecule has 180 valence electrons. The molecule has 2 atom stereocenters. The van der Waals surface area contributed by atoms with Crippen LogP contribution in [0, 0.1) is 0 Å². The topological polar surface area (TPSA) is 120 Å². The van der Waals surface area contributed by atoms with Gasteiger partial charge >= 0.3 is 6.09 Å². The van der Waals surface area contributed by atoms with E-state index < -0.39 is 33.9 Å². The van der Waals surface area contributed by atoms with Crippen LogP contribution < -0.4 is 20.1 Å². The van der Waals surface area contributed by atoms with Gasteiger partial charge in [0.1, 0.15) is 34.0 Å². The number of amides is 2. The second-order valence-electron chi connectivity index (χ2n) is 7.52. The summed E-state index contributed by atoms with van der Waals surface area (Å²) in [5.74, 6) is 0.309. The third-order valence-electron chi connectivity index (χ3n) is 4.86. The summed E-state index contributed by atoms with van der Waals surface area (Å²) in [7, 11) is -0.311. The molecule has 0 saturated carbocycles. The fraction of sp³-hybridized carbons (Fsp3) is 0.391. The number of nitrogens with one attached hydrogen (secondary N) is 2. The monoisotopic (exact) mass is 478 g/mol. The zero-order valence-electron chi connectivity index (χ0n) is 19.2. The van der Waals surface area contributed by atoms with E-state index in [-0.39, 0.29) is 18.8 Å². The molecule has 0 aliphatic heterocycles. The Labute approximate surface area is 194 Å². The number of sulfone groups is 1. The van der Waals surface area contributed by atoms with Crippen LogP contribution in [0.5, 0.6) is 11.5 Å². The zero-order valence-corrected chi connectivity index (χ0v) is 20.0. The molecule has 10 heteroatoms. The van der Waals surface area contributed by atoms with Crippen molar-refractivity contribution in [3.05, 3.63) is 59.7 Å². The van der Waals surface area contributed by atoms with Crippen molar-refractivity contribution in [1.82, 2.24) is 10.6 Å². The molecule has 9 nitrogen and oxygen atoms in total. The molecule has 2 aromatic rings. The van der Waals surface area contributed by atoms with Crippen LogP contribution in [-0.4, -0.2) is 52.7 Å². The van der Waals surface area contributed by atoms with E-state index >= 15 is 0 Å². The lowest BCUT2D eigenvalue weighted by Gasteiger charge is -2.22. The van der Waals surface area contributed by atoms with E-state index in [4.69, 9.17) is 14.2 Å². The predicted octanol–water partition coefficient (Wildman–Crippen LogP) is 2.61. The maximum atomic E-state index is 13.0. The van der Waals surface area contributed by atoms with Crippen molar-refractivity contribution >= 4 is 21.8 Å². The van der Waals surface area contributed by atoms with E-state index in [1.165, 1.54) is 14.2 Å². The molecule has 2 rings (SSSR count). The van der Waals surface area contributed by atoms with Crippen molar-refractivity contribution in [3.63, 3.8) is 0 Å². The first-order valence-corrected chi connectivity index (χ1v) is 12.4. The number of carbonyl (C=O) groups is 2. The molecule has 2 amide bonds. The third kappa shape index (κ3) is 8.64. The molecule has 0 aliphatic rings. The average Bonchev–Trinajstić information content (AvgIpc) is 2.79. The average molecular weight is 479 g/mol. The SMILES string of the molecule is COc1ccc(OC)c(C(C)NC(=O)C(CCS(C)(=O)=O)NC(=O)OCc2ccccc2)c1. The van der Waals surface area contributed by atoms with Crippen molar-refractivity contribution in [2.45, 2.75) is 32.0 Å². The predicted molar refractivity (Wildman–Crippen MR) is 124 cm³/mol. The Balaban J connectivity index is 2.10. The summed E-state index contributed by atoms with van der Waals surface area (Å²) in [6, 6.07) is 12.6. The smallest absolute Gasteiger partial charge is 0.408 e. The van der Waals surface area contributed by atoms with Gasteiger partial charge in [-0.15, -0.1) is 0 Å². The van der Waals surface area contributed by atoms with E-state index in [0.29, 0.717) is 17.1 Å². The lowest BCUT2D eigenvalue weighted by Crippen LogP contribution is -2.48. The van der Waals surface area contributed by atoms with Crippen LogP contribution in [-0.2, 0) is 26.0 Å². The molecule has 0 saturated heterocycles. The Morgan fingerprint density at radius 2 is 1.70 bits per heavy atom. The third-order valence-corrected chi connectivity index (χ3v) is 5.84. The summed E-state index contributed by atoms with van der Waals surface area (Å²) in [6.45, 7) is 1.76. The molecule has 0 heterocycles. The minimum absolute atomic E-state index is 0.0184. The fourth-order valence-electron chi connectivity index (χ4n) is 3.08. The van der Waals surface area contributed by atoms with Crippen LogP contribution in [0.4, 0.5) is 4.79 Å². The fourth-order valence-corrected chi connectivity index (χ4v) is 3.74. The highest BCUT2D eigenvalue weighted by atomic mass is 32.2. The van der Waals surface area contributed by atoms with E-state index in [0.717, 1.165) is 11.8 Å². The maximum absolute atomic E-state index is 13.0. The molecule has 0 bridgehead atoms. The van der Waals surface area contributed by atoms with Crippen LogP contribution in [0.1, 0.15) is 30.5 Å². The number of carbonyl (C=O) groups excluding carboxylic acids is 2. The van der Waals surface area contributed by atoms with Gasteiger partial charge in [0, 0.05) is 11.8 Å². The van der Waals surface area contributed by atoms with E-state index in [9.17, 15) is 18.0 Å². The number of methoxy groups -OCH3 is 2. The highest BCUT2D eigenvalue weighted by molar-refractivity contribution is 7.90. The number of hydrogen-bond acceptors (Lipinski definition) is 7. The number of benzene rings is 2. The van der Waals surface area contributed by atoms with E-state index in [2.05, 4.69) is 10.6 Å². The van der Waals surface area contributed by atoms with Crippen molar-refractivity contribution < 1.29 is 32.2 Å². The molecule has 33 heavy (non-hydrogen) atoms. The summed E-state index contributed by atoms with van der Waals surface area (Å²) in [5, 5.41) is 5.27. The highest BCUT2D eigenvalue weighted by Gasteiger charge is 2.25. The van der Waals surface area contributed by atoms with Gasteiger partial charge in [-0.25, -0.2) is 13.2 Å². The molecule has 0 aliphatic carbocycles. The molecule has 2 unspecified atom stereocenters. The molecular weight excluding hydrogens is 448 g/mol. The van der Waals surface area contributed by atoms with Crippen molar-refractivity contribution in [3.8, 4) is 11.5 Å². The zero-order chi connectivity index (χ0) is 24.4. The van der Waals surface area contributed by atoms with Crippen molar-refractivity contribution in [2.24, 2.45) is 0 Å². The molecule has 0 spiro atoms.